The lowest BCUT2D eigenvalue weighted by molar-refractivity contribution is -0.910. The summed E-state index contributed by atoms with van der Waals surface area (Å²) in [5.74, 6) is 0. The first kappa shape index (κ1) is 18.3. The van der Waals surface area contributed by atoms with Gasteiger partial charge in [-0.3, -0.25) is 0 Å². The molecule has 0 aromatic carbocycles. The number of unbranched alkanes of at least 4 members (excludes halogenated alkanes) is 2. The van der Waals surface area contributed by atoms with E-state index < -0.39 is 0 Å². The van der Waals surface area contributed by atoms with E-state index in [1.54, 1.807) is 0 Å². The number of alkyl halides is 1. The van der Waals surface area contributed by atoms with Gasteiger partial charge in [0.05, 0.1) is 26.7 Å². The molecular formula is C12H27Br2N. The zero-order chi connectivity index (χ0) is 10.9. The second-order valence-corrected chi connectivity index (χ2v) is 5.33. The van der Waals surface area contributed by atoms with Crippen molar-refractivity contribution >= 4 is 15.9 Å². The van der Waals surface area contributed by atoms with Crippen molar-refractivity contribution in [2.45, 2.75) is 46.0 Å². The maximum Gasteiger partial charge on any atom is 0.0792 e. The summed E-state index contributed by atoms with van der Waals surface area (Å²) in [6.45, 7) is 8.64. The number of quaternary nitrogens is 1. The van der Waals surface area contributed by atoms with Gasteiger partial charge >= 0.3 is 0 Å². The van der Waals surface area contributed by atoms with Crippen molar-refractivity contribution in [3.63, 3.8) is 0 Å². The maximum absolute atomic E-state index is 3.53. The summed E-state index contributed by atoms with van der Waals surface area (Å²) in [6.07, 6.45) is 6.72. The highest BCUT2D eigenvalue weighted by molar-refractivity contribution is 9.09. The second-order valence-electron chi connectivity index (χ2n) is 4.54. The molecule has 0 fully saturated rings. The molecule has 0 radical (unpaired) electrons. The molecule has 0 N–H and O–H groups in total. The standard InChI is InChI=1S/C12H27BrN.BrH/c1-4-6-10-14(3,11-7-5-2)12-8-9-13;/h4-12H2,1-3H3;1H/q+1;/p-1. The van der Waals surface area contributed by atoms with E-state index >= 15 is 0 Å². The Bertz CT molecular complexity index is 107. The van der Waals surface area contributed by atoms with Gasteiger partial charge in [0.2, 0.25) is 0 Å². The van der Waals surface area contributed by atoms with Crippen LogP contribution in [-0.2, 0) is 0 Å². The van der Waals surface area contributed by atoms with Crippen molar-refractivity contribution in [2.24, 2.45) is 0 Å². The minimum Gasteiger partial charge on any atom is -1.00 e. The number of nitrogens with zero attached hydrogens (tertiary/aromatic N) is 1. The lowest BCUT2D eigenvalue weighted by atomic mass is 10.2. The Balaban J connectivity index is 0. The molecule has 0 aromatic heterocycles. The lowest BCUT2D eigenvalue weighted by Crippen LogP contribution is -3.00. The zero-order valence-corrected chi connectivity index (χ0v) is 13.7. The monoisotopic (exact) mass is 343 g/mol. The predicted molar refractivity (Wildman–Crippen MR) is 69.0 cm³/mol. The third-order valence-electron chi connectivity index (χ3n) is 2.93. The molecule has 0 aromatic rings. The topological polar surface area (TPSA) is 0 Å². The summed E-state index contributed by atoms with van der Waals surface area (Å²) >= 11 is 3.53. The van der Waals surface area contributed by atoms with Gasteiger partial charge in [0.1, 0.15) is 0 Å². The SMILES string of the molecule is CCCC[N+](C)(CCCC)CCCBr.[Br-]. The molecule has 0 unspecified atom stereocenters. The van der Waals surface area contributed by atoms with Crippen molar-refractivity contribution in [3.8, 4) is 0 Å². The van der Waals surface area contributed by atoms with Gasteiger partial charge in [0.25, 0.3) is 0 Å². The van der Waals surface area contributed by atoms with E-state index in [9.17, 15) is 0 Å². The van der Waals surface area contributed by atoms with E-state index in [2.05, 4.69) is 36.8 Å². The highest BCUT2D eigenvalue weighted by Crippen LogP contribution is 2.10. The van der Waals surface area contributed by atoms with Crippen molar-refractivity contribution < 1.29 is 21.5 Å². The fourth-order valence-corrected chi connectivity index (χ4v) is 2.11. The normalized spacial score (nSPS) is 11.2. The Morgan fingerprint density at radius 1 is 0.867 bits per heavy atom. The van der Waals surface area contributed by atoms with Crippen LogP contribution < -0.4 is 17.0 Å². The summed E-state index contributed by atoms with van der Waals surface area (Å²) < 4.78 is 1.28. The summed E-state index contributed by atoms with van der Waals surface area (Å²) in [6, 6.07) is 0. The van der Waals surface area contributed by atoms with Crippen LogP contribution in [0.1, 0.15) is 46.0 Å². The molecule has 0 rings (SSSR count). The Morgan fingerprint density at radius 3 is 1.60 bits per heavy atom. The Morgan fingerprint density at radius 2 is 1.27 bits per heavy atom. The quantitative estimate of drug-likeness (QED) is 0.429. The van der Waals surface area contributed by atoms with Gasteiger partial charge in [-0.05, 0) is 12.8 Å². The van der Waals surface area contributed by atoms with Gasteiger partial charge in [-0.1, -0.05) is 42.6 Å². The molecular weight excluding hydrogens is 318 g/mol. The highest BCUT2D eigenvalue weighted by Gasteiger charge is 2.18. The van der Waals surface area contributed by atoms with Crippen LogP contribution in [0, 0.1) is 0 Å². The summed E-state index contributed by atoms with van der Waals surface area (Å²) in [5, 5.41) is 1.15. The van der Waals surface area contributed by atoms with Crippen LogP contribution in [0.15, 0.2) is 0 Å². The third-order valence-corrected chi connectivity index (χ3v) is 3.50. The first-order chi connectivity index (χ1) is 6.68. The number of hydrogen-bond acceptors (Lipinski definition) is 0. The zero-order valence-electron chi connectivity index (χ0n) is 10.6. The van der Waals surface area contributed by atoms with Gasteiger partial charge in [-0.25, -0.2) is 0 Å². The molecule has 0 aliphatic carbocycles. The van der Waals surface area contributed by atoms with E-state index in [0.29, 0.717) is 0 Å². The maximum atomic E-state index is 3.53. The Kier molecular flexibility index (Phi) is 13.9. The fourth-order valence-electron chi connectivity index (χ4n) is 1.86. The van der Waals surface area contributed by atoms with Crippen LogP contribution in [0.25, 0.3) is 0 Å². The van der Waals surface area contributed by atoms with Crippen molar-refractivity contribution in [3.05, 3.63) is 0 Å². The largest absolute Gasteiger partial charge is 1.00 e. The van der Waals surface area contributed by atoms with E-state index in [1.807, 2.05) is 0 Å². The number of hydrogen-bond donors (Lipinski definition) is 0. The van der Waals surface area contributed by atoms with Crippen LogP contribution in [0.2, 0.25) is 0 Å². The molecule has 1 nitrogen and oxygen atoms in total. The summed E-state index contributed by atoms with van der Waals surface area (Å²) in [5.41, 5.74) is 0. The first-order valence-corrected chi connectivity index (χ1v) is 7.20. The predicted octanol–water partition coefficient (Wildman–Crippen LogP) is 0.822. The minimum atomic E-state index is 0. The molecule has 0 aliphatic rings. The van der Waals surface area contributed by atoms with Crippen molar-refractivity contribution in [1.82, 2.24) is 0 Å². The van der Waals surface area contributed by atoms with Gasteiger partial charge < -0.3 is 21.5 Å². The van der Waals surface area contributed by atoms with Gasteiger partial charge in [-0.15, -0.1) is 0 Å². The van der Waals surface area contributed by atoms with E-state index in [0.717, 1.165) is 5.33 Å². The third kappa shape index (κ3) is 9.83. The van der Waals surface area contributed by atoms with Gasteiger partial charge in [0, 0.05) is 11.8 Å². The van der Waals surface area contributed by atoms with Gasteiger partial charge in [-0.2, -0.15) is 0 Å². The van der Waals surface area contributed by atoms with Crippen LogP contribution in [0.3, 0.4) is 0 Å². The molecule has 0 amide bonds. The average molecular weight is 345 g/mol. The summed E-state index contributed by atoms with van der Waals surface area (Å²) in [4.78, 5) is 0. The lowest BCUT2D eigenvalue weighted by Gasteiger charge is -2.34. The average Bonchev–Trinajstić information content (AvgIpc) is 2.21. The molecule has 15 heavy (non-hydrogen) atoms. The Labute approximate surface area is 115 Å². The highest BCUT2D eigenvalue weighted by atomic mass is 79.9. The van der Waals surface area contributed by atoms with Crippen LogP contribution in [0.4, 0.5) is 0 Å². The minimum absolute atomic E-state index is 0. The van der Waals surface area contributed by atoms with Crippen LogP contribution in [-0.4, -0.2) is 36.5 Å². The number of halogens is 2. The fraction of sp³-hybridized carbons (Fsp3) is 1.00. The molecule has 0 heterocycles. The van der Waals surface area contributed by atoms with Crippen molar-refractivity contribution in [1.29, 1.82) is 0 Å². The molecule has 0 atom stereocenters. The first-order valence-electron chi connectivity index (χ1n) is 6.08. The van der Waals surface area contributed by atoms with Gasteiger partial charge in [0.15, 0.2) is 0 Å². The molecule has 94 valence electrons. The van der Waals surface area contributed by atoms with E-state index in [-0.39, 0.29) is 17.0 Å². The molecule has 0 aliphatic heterocycles. The molecule has 0 bridgehead atoms. The van der Waals surface area contributed by atoms with Crippen LogP contribution >= 0.6 is 15.9 Å². The summed E-state index contributed by atoms with van der Waals surface area (Å²) in [7, 11) is 2.42. The van der Waals surface area contributed by atoms with E-state index in [4.69, 9.17) is 0 Å². The molecule has 3 heteroatoms. The van der Waals surface area contributed by atoms with E-state index in [1.165, 1.54) is 56.2 Å². The molecule has 0 saturated heterocycles. The molecule has 0 saturated carbocycles. The Hall–Kier alpha value is 0.920. The smallest absolute Gasteiger partial charge is 0.0792 e. The number of rotatable bonds is 9. The second kappa shape index (κ2) is 11.4. The molecule has 0 spiro atoms. The van der Waals surface area contributed by atoms with Crippen LogP contribution in [0.5, 0.6) is 0 Å². The van der Waals surface area contributed by atoms with Crippen molar-refractivity contribution in [2.75, 3.05) is 32.0 Å².